The Bertz CT molecular complexity index is 590. The second-order valence-corrected chi connectivity index (χ2v) is 5.88. The van der Waals surface area contributed by atoms with Gasteiger partial charge in [-0.05, 0) is 25.1 Å². The summed E-state index contributed by atoms with van der Waals surface area (Å²) in [7, 11) is -4.18. The first-order valence-corrected chi connectivity index (χ1v) is 7.59. The first-order valence-electron chi connectivity index (χ1n) is 5.73. The molecule has 20 heavy (non-hydrogen) atoms. The van der Waals surface area contributed by atoms with Crippen molar-refractivity contribution in [2.45, 2.75) is 11.8 Å². The SMILES string of the molecule is CCN(CCO)C(=O)c1ccc(Cl)c(S(=O)(=O)NO)c1. The Kier molecular flexibility index (Phi) is 5.90. The van der Waals surface area contributed by atoms with Crippen molar-refractivity contribution in [2.24, 2.45) is 0 Å². The van der Waals surface area contributed by atoms with Crippen LogP contribution >= 0.6 is 11.6 Å². The lowest BCUT2D eigenvalue weighted by atomic mass is 10.2. The highest BCUT2D eigenvalue weighted by Gasteiger charge is 2.21. The Morgan fingerprint density at radius 3 is 2.60 bits per heavy atom. The maximum atomic E-state index is 12.1. The average Bonchev–Trinajstić information content (AvgIpc) is 2.44. The summed E-state index contributed by atoms with van der Waals surface area (Å²) in [5.41, 5.74) is 0.0959. The molecule has 0 bridgehead atoms. The van der Waals surface area contributed by atoms with E-state index in [0.717, 1.165) is 11.0 Å². The van der Waals surface area contributed by atoms with Crippen molar-refractivity contribution in [3.63, 3.8) is 0 Å². The summed E-state index contributed by atoms with van der Waals surface area (Å²) in [4.78, 5) is 14.3. The van der Waals surface area contributed by atoms with Gasteiger partial charge in [0.15, 0.2) is 0 Å². The molecule has 0 aliphatic rings. The molecular weight excluding hydrogens is 308 g/mol. The summed E-state index contributed by atoms with van der Waals surface area (Å²) in [6, 6.07) is 3.70. The number of aliphatic hydroxyl groups excluding tert-OH is 1. The fourth-order valence-corrected chi connectivity index (χ4v) is 2.73. The van der Waals surface area contributed by atoms with Gasteiger partial charge in [0.1, 0.15) is 4.90 Å². The highest BCUT2D eigenvalue weighted by Crippen LogP contribution is 2.23. The molecule has 1 rings (SSSR count). The van der Waals surface area contributed by atoms with Gasteiger partial charge >= 0.3 is 0 Å². The van der Waals surface area contributed by atoms with Crippen LogP contribution in [0.25, 0.3) is 0 Å². The molecule has 0 atom stereocenters. The Balaban J connectivity index is 3.22. The van der Waals surface area contributed by atoms with Crippen molar-refractivity contribution in [2.75, 3.05) is 19.7 Å². The second kappa shape index (κ2) is 7.00. The van der Waals surface area contributed by atoms with Crippen LogP contribution in [0.3, 0.4) is 0 Å². The van der Waals surface area contributed by atoms with Gasteiger partial charge < -0.3 is 15.2 Å². The molecule has 3 N–H and O–H groups in total. The molecule has 1 aromatic rings. The van der Waals surface area contributed by atoms with Gasteiger partial charge in [-0.15, -0.1) is 0 Å². The standard InChI is InChI=1S/C11H15ClN2O5S/c1-2-14(5-6-15)11(16)8-3-4-9(12)10(7-8)20(18,19)13-17/h3-4,7,13,15,17H,2,5-6H2,1H3. The van der Waals surface area contributed by atoms with Crippen molar-refractivity contribution >= 4 is 27.5 Å². The number of carbonyl (C=O) groups excluding carboxylic acids is 1. The van der Waals surface area contributed by atoms with Crippen LogP contribution in [0, 0.1) is 0 Å². The maximum absolute atomic E-state index is 12.1. The molecule has 0 heterocycles. The van der Waals surface area contributed by atoms with E-state index in [1.165, 1.54) is 17.0 Å². The van der Waals surface area contributed by atoms with Crippen LogP contribution in [-0.4, -0.2) is 49.2 Å². The largest absolute Gasteiger partial charge is 0.395 e. The summed E-state index contributed by atoms with van der Waals surface area (Å²) in [5.74, 6) is -0.437. The third kappa shape index (κ3) is 3.68. The molecule has 0 spiro atoms. The maximum Gasteiger partial charge on any atom is 0.263 e. The van der Waals surface area contributed by atoms with Gasteiger partial charge in [-0.1, -0.05) is 16.5 Å². The van der Waals surface area contributed by atoms with Crippen LogP contribution in [0.2, 0.25) is 5.02 Å². The van der Waals surface area contributed by atoms with Gasteiger partial charge in [0.2, 0.25) is 0 Å². The lowest BCUT2D eigenvalue weighted by molar-refractivity contribution is 0.0731. The molecule has 1 amide bonds. The van der Waals surface area contributed by atoms with E-state index in [9.17, 15) is 13.2 Å². The number of nitrogens with zero attached hydrogens (tertiary/aromatic N) is 1. The molecule has 0 aliphatic carbocycles. The van der Waals surface area contributed by atoms with Gasteiger partial charge in [-0.2, -0.15) is 0 Å². The number of nitrogens with one attached hydrogen (secondary N) is 1. The molecule has 0 saturated carbocycles. The van der Waals surface area contributed by atoms with Crippen LogP contribution in [0.5, 0.6) is 0 Å². The molecule has 7 nitrogen and oxygen atoms in total. The van der Waals surface area contributed by atoms with Crippen molar-refractivity contribution in [1.29, 1.82) is 0 Å². The number of amides is 1. The smallest absolute Gasteiger partial charge is 0.263 e. The summed E-state index contributed by atoms with van der Waals surface area (Å²) in [5, 5.41) is 17.4. The van der Waals surface area contributed by atoms with Gasteiger partial charge in [0, 0.05) is 18.7 Å². The van der Waals surface area contributed by atoms with Gasteiger partial charge in [-0.25, -0.2) is 8.42 Å². The van der Waals surface area contributed by atoms with E-state index in [4.69, 9.17) is 21.9 Å². The van der Waals surface area contributed by atoms with Crippen LogP contribution in [0.1, 0.15) is 17.3 Å². The van der Waals surface area contributed by atoms with Crippen LogP contribution in [-0.2, 0) is 10.0 Å². The molecule has 0 aliphatic heterocycles. The predicted molar refractivity (Wildman–Crippen MR) is 72.2 cm³/mol. The van der Waals surface area contributed by atoms with E-state index >= 15 is 0 Å². The van der Waals surface area contributed by atoms with E-state index in [0.29, 0.717) is 6.54 Å². The van der Waals surface area contributed by atoms with E-state index in [-0.39, 0.29) is 23.7 Å². The number of likely N-dealkylation sites (N-methyl/N-ethyl adjacent to an activating group) is 1. The third-order valence-corrected chi connectivity index (χ3v) is 4.23. The van der Waals surface area contributed by atoms with E-state index in [1.807, 2.05) is 0 Å². The Morgan fingerprint density at radius 1 is 1.45 bits per heavy atom. The van der Waals surface area contributed by atoms with Crippen molar-refractivity contribution in [1.82, 2.24) is 9.79 Å². The number of aliphatic hydroxyl groups is 1. The number of sulfonamides is 1. The fraction of sp³-hybridized carbons (Fsp3) is 0.364. The van der Waals surface area contributed by atoms with E-state index < -0.39 is 20.8 Å². The molecule has 0 fully saturated rings. The highest BCUT2D eigenvalue weighted by atomic mass is 35.5. The first-order chi connectivity index (χ1) is 9.37. The van der Waals surface area contributed by atoms with E-state index in [1.54, 1.807) is 6.92 Å². The number of hydrogen-bond acceptors (Lipinski definition) is 5. The molecular formula is C11H15ClN2O5S. The number of halogens is 1. The topological polar surface area (TPSA) is 107 Å². The molecule has 9 heteroatoms. The van der Waals surface area contributed by atoms with Crippen molar-refractivity contribution in [3.05, 3.63) is 28.8 Å². The number of carbonyl (C=O) groups is 1. The zero-order chi connectivity index (χ0) is 15.3. The molecule has 1 aromatic carbocycles. The summed E-state index contributed by atoms with van der Waals surface area (Å²) >= 11 is 5.74. The molecule has 0 unspecified atom stereocenters. The number of benzene rings is 1. The Labute approximate surface area is 121 Å². The first kappa shape index (κ1) is 16.9. The number of rotatable bonds is 6. The van der Waals surface area contributed by atoms with E-state index in [2.05, 4.69) is 0 Å². The van der Waals surface area contributed by atoms with Crippen molar-refractivity contribution < 1.29 is 23.5 Å². The fourth-order valence-electron chi connectivity index (χ4n) is 1.60. The Hall–Kier alpha value is -1.19. The summed E-state index contributed by atoms with van der Waals surface area (Å²) in [6.45, 7) is 2.04. The zero-order valence-corrected chi connectivity index (χ0v) is 12.3. The summed E-state index contributed by atoms with van der Waals surface area (Å²) in [6.07, 6.45) is 0. The monoisotopic (exact) mass is 322 g/mol. The Morgan fingerprint density at radius 2 is 2.10 bits per heavy atom. The molecule has 0 radical (unpaired) electrons. The quantitative estimate of drug-likeness (QED) is 0.660. The third-order valence-electron chi connectivity index (χ3n) is 2.63. The minimum absolute atomic E-state index is 0.0959. The van der Waals surface area contributed by atoms with Crippen molar-refractivity contribution in [3.8, 4) is 0 Å². The zero-order valence-electron chi connectivity index (χ0n) is 10.7. The minimum atomic E-state index is -4.18. The average molecular weight is 323 g/mol. The molecule has 0 saturated heterocycles. The van der Waals surface area contributed by atoms with Crippen LogP contribution < -0.4 is 4.89 Å². The van der Waals surface area contributed by atoms with Gasteiger partial charge in [0.25, 0.3) is 15.9 Å². The van der Waals surface area contributed by atoms with Crippen LogP contribution in [0.4, 0.5) is 0 Å². The number of hydrogen-bond donors (Lipinski definition) is 3. The molecule has 0 aromatic heterocycles. The molecule has 112 valence electrons. The normalized spacial score (nSPS) is 11.4. The predicted octanol–water partition coefficient (Wildman–Crippen LogP) is 0.462. The second-order valence-electron chi connectivity index (χ2n) is 3.85. The highest BCUT2D eigenvalue weighted by molar-refractivity contribution is 7.89. The minimum Gasteiger partial charge on any atom is -0.395 e. The van der Waals surface area contributed by atoms with Gasteiger partial charge in [0.05, 0.1) is 11.6 Å². The lowest BCUT2D eigenvalue weighted by Gasteiger charge is -2.20. The van der Waals surface area contributed by atoms with Crippen LogP contribution in [0.15, 0.2) is 23.1 Å². The summed E-state index contributed by atoms with van der Waals surface area (Å²) < 4.78 is 23.1. The van der Waals surface area contributed by atoms with Gasteiger partial charge in [-0.3, -0.25) is 4.79 Å². The lowest BCUT2D eigenvalue weighted by Crippen LogP contribution is -2.33.